The van der Waals surface area contributed by atoms with Crippen LogP contribution in [0.2, 0.25) is 0 Å². The Bertz CT molecular complexity index is 1410. The van der Waals surface area contributed by atoms with Crippen molar-refractivity contribution in [3.63, 3.8) is 0 Å². The highest BCUT2D eigenvalue weighted by Gasteiger charge is 2.37. The number of aliphatic hydroxyl groups is 1. The van der Waals surface area contributed by atoms with Gasteiger partial charge < -0.3 is 29.6 Å². The van der Waals surface area contributed by atoms with Gasteiger partial charge in [-0.05, 0) is 94.8 Å². The van der Waals surface area contributed by atoms with Gasteiger partial charge >= 0.3 is 6.09 Å². The van der Waals surface area contributed by atoms with Crippen LogP contribution in [0, 0.1) is 6.92 Å². The molecule has 2 aliphatic rings. The lowest BCUT2D eigenvalue weighted by molar-refractivity contribution is -0.0113. The summed E-state index contributed by atoms with van der Waals surface area (Å²) >= 11 is 0. The van der Waals surface area contributed by atoms with E-state index < -0.39 is 23.8 Å². The Morgan fingerprint density at radius 3 is 2.67 bits per heavy atom. The maximum absolute atomic E-state index is 13.3. The molecule has 3 aromatic rings. The average molecular weight is 577 g/mol. The fourth-order valence-electron chi connectivity index (χ4n) is 5.13. The van der Waals surface area contributed by atoms with Crippen LogP contribution in [0.1, 0.15) is 73.0 Å². The van der Waals surface area contributed by atoms with Crippen LogP contribution in [0.4, 0.5) is 10.5 Å². The lowest BCUT2D eigenvalue weighted by Crippen LogP contribution is -2.54. The third-order valence-electron chi connectivity index (χ3n) is 7.71. The first-order valence-electron chi connectivity index (χ1n) is 14.5. The predicted octanol–water partition coefficient (Wildman–Crippen LogP) is 4.98. The van der Waals surface area contributed by atoms with Gasteiger partial charge in [0.25, 0.3) is 5.91 Å². The number of hydrogen-bond donors (Lipinski definition) is 3. The standard InChI is InChI=1S/C32H40N4O6/c1-20-29(41-19-34-20)18-40-26-12-11-21-15-27(36(17-23(21)14-26)31(39)42-32(2,3)4)28(37)16-33-30(38)22-7-5-10-25(13-22)35-24-8-6-9-24/h5,7,10-14,19,24,27-28,35,37H,6,8-9,15-18H2,1-4H3,(H,33,38)/t27?,28-/m1/s1. The van der Waals surface area contributed by atoms with E-state index in [0.717, 1.165) is 35.3 Å². The van der Waals surface area contributed by atoms with Gasteiger partial charge in [0.1, 0.15) is 18.0 Å². The molecule has 1 fully saturated rings. The van der Waals surface area contributed by atoms with Crippen molar-refractivity contribution in [2.45, 2.75) is 90.3 Å². The molecule has 1 saturated carbocycles. The zero-order chi connectivity index (χ0) is 29.9. The summed E-state index contributed by atoms with van der Waals surface area (Å²) < 4.78 is 17.0. The first-order valence-corrected chi connectivity index (χ1v) is 14.5. The molecule has 1 aliphatic carbocycles. The molecule has 224 valence electrons. The fraction of sp³-hybridized carbons (Fsp3) is 0.469. The molecule has 1 aliphatic heterocycles. The number of carbonyl (C=O) groups excluding carboxylic acids is 2. The normalized spacial score (nSPS) is 17.5. The maximum Gasteiger partial charge on any atom is 0.410 e. The van der Waals surface area contributed by atoms with E-state index in [4.69, 9.17) is 13.9 Å². The van der Waals surface area contributed by atoms with E-state index >= 15 is 0 Å². The number of rotatable bonds is 9. The third-order valence-corrected chi connectivity index (χ3v) is 7.71. The summed E-state index contributed by atoms with van der Waals surface area (Å²) in [4.78, 5) is 31.9. The van der Waals surface area contributed by atoms with Gasteiger partial charge in [0.15, 0.2) is 12.2 Å². The largest absolute Gasteiger partial charge is 0.486 e. The van der Waals surface area contributed by atoms with Crippen molar-refractivity contribution in [3.05, 3.63) is 77.0 Å². The molecule has 1 aromatic heterocycles. The van der Waals surface area contributed by atoms with E-state index in [1.165, 1.54) is 17.7 Å². The number of fused-ring (bicyclic) bond motifs is 1. The highest BCUT2D eigenvalue weighted by Crippen LogP contribution is 2.30. The summed E-state index contributed by atoms with van der Waals surface area (Å²) in [5.41, 5.74) is 3.37. The first-order chi connectivity index (χ1) is 20.1. The Morgan fingerprint density at radius 2 is 1.98 bits per heavy atom. The molecule has 2 amide bonds. The number of nitrogens with zero attached hydrogens (tertiary/aromatic N) is 2. The Labute approximate surface area is 246 Å². The summed E-state index contributed by atoms with van der Waals surface area (Å²) in [5, 5.41) is 17.6. The molecular formula is C32H40N4O6. The van der Waals surface area contributed by atoms with Crippen molar-refractivity contribution in [3.8, 4) is 5.75 Å². The van der Waals surface area contributed by atoms with Gasteiger partial charge in [0.05, 0.1) is 17.8 Å². The molecule has 10 nitrogen and oxygen atoms in total. The van der Waals surface area contributed by atoms with E-state index in [2.05, 4.69) is 15.6 Å². The van der Waals surface area contributed by atoms with Crippen molar-refractivity contribution in [1.82, 2.24) is 15.2 Å². The first kappa shape index (κ1) is 29.4. The molecular weight excluding hydrogens is 536 g/mol. The zero-order valence-corrected chi connectivity index (χ0v) is 24.7. The minimum Gasteiger partial charge on any atom is -0.486 e. The highest BCUT2D eigenvalue weighted by molar-refractivity contribution is 5.95. The molecule has 5 rings (SSSR count). The second-order valence-corrected chi connectivity index (χ2v) is 12.1. The van der Waals surface area contributed by atoms with Crippen LogP contribution in [0.25, 0.3) is 0 Å². The number of oxazole rings is 1. The number of aliphatic hydroxyl groups excluding tert-OH is 1. The zero-order valence-electron chi connectivity index (χ0n) is 24.7. The van der Waals surface area contributed by atoms with E-state index in [0.29, 0.717) is 29.5 Å². The second kappa shape index (κ2) is 12.4. The number of aromatic nitrogens is 1. The maximum atomic E-state index is 13.3. The summed E-state index contributed by atoms with van der Waals surface area (Å²) in [5.74, 6) is 0.999. The number of anilines is 1. The molecule has 3 N–H and O–H groups in total. The molecule has 2 aromatic carbocycles. The van der Waals surface area contributed by atoms with Crippen LogP contribution in [0.5, 0.6) is 5.75 Å². The van der Waals surface area contributed by atoms with Crippen LogP contribution in [0.15, 0.2) is 53.3 Å². The summed E-state index contributed by atoms with van der Waals surface area (Å²) in [6.07, 6.45) is 3.74. The number of benzene rings is 2. The van der Waals surface area contributed by atoms with E-state index in [-0.39, 0.29) is 25.6 Å². The van der Waals surface area contributed by atoms with E-state index in [1.807, 2.05) is 43.3 Å². The number of carbonyl (C=O) groups is 2. The number of ether oxygens (including phenoxy) is 2. The number of aryl methyl sites for hydroxylation is 1. The van der Waals surface area contributed by atoms with Crippen molar-refractivity contribution in [1.29, 1.82) is 0 Å². The van der Waals surface area contributed by atoms with Crippen LogP contribution < -0.4 is 15.4 Å². The molecule has 0 radical (unpaired) electrons. The Morgan fingerprint density at radius 1 is 1.17 bits per heavy atom. The van der Waals surface area contributed by atoms with Crippen molar-refractivity contribution >= 4 is 17.7 Å². The van der Waals surface area contributed by atoms with Crippen molar-refractivity contribution in [2.75, 3.05) is 11.9 Å². The minimum atomic E-state index is -1.02. The van der Waals surface area contributed by atoms with Gasteiger partial charge in [-0.1, -0.05) is 12.1 Å². The summed E-state index contributed by atoms with van der Waals surface area (Å²) in [6.45, 7) is 7.72. The van der Waals surface area contributed by atoms with Crippen LogP contribution in [-0.4, -0.2) is 57.3 Å². The lowest BCUT2D eigenvalue weighted by atomic mass is 9.91. The fourth-order valence-corrected chi connectivity index (χ4v) is 5.13. The third kappa shape index (κ3) is 7.23. The van der Waals surface area contributed by atoms with E-state index in [1.54, 1.807) is 26.8 Å². The van der Waals surface area contributed by atoms with Gasteiger partial charge in [0.2, 0.25) is 0 Å². The Balaban J connectivity index is 1.27. The van der Waals surface area contributed by atoms with Gasteiger partial charge in [-0.2, -0.15) is 0 Å². The molecule has 2 atom stereocenters. The van der Waals surface area contributed by atoms with Gasteiger partial charge in [0, 0.05) is 30.4 Å². The van der Waals surface area contributed by atoms with Crippen molar-refractivity contribution < 1.29 is 28.6 Å². The second-order valence-electron chi connectivity index (χ2n) is 12.1. The molecule has 0 saturated heterocycles. The van der Waals surface area contributed by atoms with Gasteiger partial charge in [-0.25, -0.2) is 9.78 Å². The summed E-state index contributed by atoms with van der Waals surface area (Å²) in [6, 6.07) is 12.9. The molecule has 2 heterocycles. The quantitative estimate of drug-likeness (QED) is 0.326. The minimum absolute atomic E-state index is 0.0177. The van der Waals surface area contributed by atoms with Crippen LogP contribution in [0.3, 0.4) is 0 Å². The molecule has 1 unspecified atom stereocenters. The number of amides is 2. The van der Waals surface area contributed by atoms with Gasteiger partial charge in [-0.3, -0.25) is 9.69 Å². The predicted molar refractivity (Wildman–Crippen MR) is 157 cm³/mol. The highest BCUT2D eigenvalue weighted by atomic mass is 16.6. The van der Waals surface area contributed by atoms with Crippen LogP contribution in [-0.2, 0) is 24.3 Å². The lowest BCUT2D eigenvalue weighted by Gasteiger charge is -2.40. The smallest absolute Gasteiger partial charge is 0.410 e. The number of hydrogen-bond acceptors (Lipinski definition) is 8. The summed E-state index contributed by atoms with van der Waals surface area (Å²) in [7, 11) is 0. The monoisotopic (exact) mass is 576 g/mol. The Hall–Kier alpha value is -4.05. The van der Waals surface area contributed by atoms with Crippen molar-refractivity contribution in [2.24, 2.45) is 0 Å². The van der Waals surface area contributed by atoms with E-state index in [9.17, 15) is 14.7 Å². The average Bonchev–Trinajstić information content (AvgIpc) is 3.35. The molecule has 42 heavy (non-hydrogen) atoms. The van der Waals surface area contributed by atoms with Gasteiger partial charge in [-0.15, -0.1) is 0 Å². The molecule has 0 spiro atoms. The van der Waals surface area contributed by atoms with Crippen LogP contribution >= 0.6 is 0 Å². The Kier molecular flexibility index (Phi) is 8.72. The number of nitrogens with one attached hydrogen (secondary N) is 2. The molecule has 10 heteroatoms. The molecule has 0 bridgehead atoms. The topological polar surface area (TPSA) is 126 Å². The SMILES string of the molecule is Cc1ncoc1COc1ccc2c(c1)CN(C(=O)OC(C)(C)C)C([C@H](O)CNC(=O)c1cccc(NC3CCC3)c1)C2.